The van der Waals surface area contributed by atoms with Crippen molar-refractivity contribution in [3.05, 3.63) is 11.8 Å². The zero-order valence-corrected chi connectivity index (χ0v) is 12.1. The molecule has 1 aromatic rings. The number of nitrogens with zero attached hydrogens (tertiary/aromatic N) is 3. The van der Waals surface area contributed by atoms with Crippen molar-refractivity contribution in [2.75, 3.05) is 0 Å². The van der Waals surface area contributed by atoms with Crippen LogP contribution in [-0.4, -0.2) is 33.2 Å². The fourth-order valence-corrected chi connectivity index (χ4v) is 3.35. The van der Waals surface area contributed by atoms with Crippen LogP contribution in [0.4, 0.5) is 0 Å². The number of fused-ring (bicyclic) bond motifs is 2. The second-order valence-corrected chi connectivity index (χ2v) is 7.04. The van der Waals surface area contributed by atoms with Crippen molar-refractivity contribution in [1.29, 1.82) is 0 Å². The Labute approximate surface area is 114 Å². The lowest BCUT2D eigenvalue weighted by atomic mass is 9.97. The Bertz CT molecular complexity index is 437. The molecule has 5 nitrogen and oxygen atoms in total. The van der Waals surface area contributed by atoms with Crippen LogP contribution in [0.1, 0.15) is 58.2 Å². The van der Waals surface area contributed by atoms with Gasteiger partial charge in [0.15, 0.2) is 0 Å². The summed E-state index contributed by atoms with van der Waals surface area (Å²) in [4.78, 5) is 2.52. The first-order valence-electron chi connectivity index (χ1n) is 7.27. The molecule has 3 heterocycles. The van der Waals surface area contributed by atoms with Gasteiger partial charge in [-0.2, -0.15) is 0 Å². The average Bonchev–Trinajstić information content (AvgIpc) is 2.85. The van der Waals surface area contributed by atoms with Gasteiger partial charge in [0.05, 0.1) is 6.54 Å². The molecule has 0 amide bonds. The normalized spacial score (nSPS) is 31.9. The maximum Gasteiger partial charge on any atom is 0.230 e. The van der Waals surface area contributed by atoms with E-state index in [0.29, 0.717) is 18.1 Å². The molecule has 2 N–H and O–H groups in total. The van der Waals surface area contributed by atoms with Gasteiger partial charge in [0.25, 0.3) is 0 Å². The van der Waals surface area contributed by atoms with Gasteiger partial charge in [0, 0.05) is 23.5 Å². The number of aromatic nitrogens is 2. The fourth-order valence-electron chi connectivity index (χ4n) is 3.35. The Morgan fingerprint density at radius 1 is 1.21 bits per heavy atom. The smallest absolute Gasteiger partial charge is 0.230 e. The van der Waals surface area contributed by atoms with Crippen molar-refractivity contribution < 1.29 is 4.42 Å². The van der Waals surface area contributed by atoms with Gasteiger partial charge in [0.2, 0.25) is 11.8 Å². The van der Waals surface area contributed by atoms with E-state index in [1.165, 1.54) is 12.8 Å². The minimum Gasteiger partial charge on any atom is -0.423 e. The number of hydrogen-bond acceptors (Lipinski definition) is 5. The highest BCUT2D eigenvalue weighted by atomic mass is 16.4. The van der Waals surface area contributed by atoms with Gasteiger partial charge in [-0.15, -0.1) is 10.2 Å². The second-order valence-electron chi connectivity index (χ2n) is 7.04. The van der Waals surface area contributed by atoms with Gasteiger partial charge < -0.3 is 10.2 Å². The molecule has 1 aromatic heterocycles. The third kappa shape index (κ3) is 2.54. The number of hydrogen-bond donors (Lipinski definition) is 1. The highest BCUT2D eigenvalue weighted by Crippen LogP contribution is 2.36. The molecule has 5 heteroatoms. The van der Waals surface area contributed by atoms with Crippen LogP contribution in [-0.2, 0) is 12.0 Å². The number of piperidine rings is 1. The summed E-state index contributed by atoms with van der Waals surface area (Å²) >= 11 is 0. The SMILES string of the molecule is CC(C)(C)c1nnc(CN2C3CCC2CC(N)C3)o1. The molecule has 2 fully saturated rings. The largest absolute Gasteiger partial charge is 0.423 e. The van der Waals surface area contributed by atoms with Gasteiger partial charge in [-0.25, -0.2) is 0 Å². The topological polar surface area (TPSA) is 68.2 Å². The highest BCUT2D eigenvalue weighted by molar-refractivity contribution is 5.00. The van der Waals surface area contributed by atoms with Gasteiger partial charge in [-0.3, -0.25) is 4.90 Å². The zero-order chi connectivity index (χ0) is 13.6. The summed E-state index contributed by atoms with van der Waals surface area (Å²) in [7, 11) is 0. The summed E-state index contributed by atoms with van der Waals surface area (Å²) in [5.41, 5.74) is 6.02. The molecule has 2 aliphatic rings. The van der Waals surface area contributed by atoms with E-state index in [4.69, 9.17) is 10.2 Å². The van der Waals surface area contributed by atoms with E-state index in [1.807, 2.05) is 0 Å². The summed E-state index contributed by atoms with van der Waals surface area (Å²) in [5, 5.41) is 8.37. The Balaban J connectivity index is 1.71. The first kappa shape index (κ1) is 13.1. The van der Waals surface area contributed by atoms with E-state index < -0.39 is 0 Å². The molecule has 19 heavy (non-hydrogen) atoms. The van der Waals surface area contributed by atoms with Crippen molar-refractivity contribution in [3.63, 3.8) is 0 Å². The lowest BCUT2D eigenvalue weighted by Crippen LogP contribution is -2.46. The van der Waals surface area contributed by atoms with Crippen molar-refractivity contribution in [2.45, 2.75) is 76.5 Å². The van der Waals surface area contributed by atoms with E-state index in [9.17, 15) is 0 Å². The summed E-state index contributed by atoms with van der Waals surface area (Å²) in [6, 6.07) is 1.60. The van der Waals surface area contributed by atoms with Gasteiger partial charge in [-0.05, 0) is 25.7 Å². The molecule has 0 radical (unpaired) electrons. The quantitative estimate of drug-likeness (QED) is 0.882. The molecule has 0 aromatic carbocycles. The van der Waals surface area contributed by atoms with Crippen LogP contribution in [0.5, 0.6) is 0 Å². The zero-order valence-electron chi connectivity index (χ0n) is 12.1. The molecular weight excluding hydrogens is 240 g/mol. The van der Waals surface area contributed by atoms with Crippen LogP contribution in [0, 0.1) is 0 Å². The van der Waals surface area contributed by atoms with Crippen LogP contribution >= 0.6 is 0 Å². The summed E-state index contributed by atoms with van der Waals surface area (Å²) < 4.78 is 5.81. The molecule has 0 saturated carbocycles. The molecule has 106 valence electrons. The van der Waals surface area contributed by atoms with Crippen LogP contribution in [0.15, 0.2) is 4.42 Å². The van der Waals surface area contributed by atoms with Crippen molar-refractivity contribution in [1.82, 2.24) is 15.1 Å². The summed E-state index contributed by atoms with van der Waals surface area (Å²) in [6.45, 7) is 7.06. The van der Waals surface area contributed by atoms with E-state index >= 15 is 0 Å². The number of nitrogens with two attached hydrogens (primary N) is 1. The van der Waals surface area contributed by atoms with Crippen molar-refractivity contribution in [2.24, 2.45) is 5.73 Å². The Morgan fingerprint density at radius 3 is 2.37 bits per heavy atom. The minimum atomic E-state index is -0.0749. The fraction of sp³-hybridized carbons (Fsp3) is 0.857. The summed E-state index contributed by atoms with van der Waals surface area (Å²) in [6.07, 6.45) is 4.74. The molecule has 2 unspecified atom stereocenters. The van der Waals surface area contributed by atoms with Crippen LogP contribution in [0.2, 0.25) is 0 Å². The van der Waals surface area contributed by atoms with Crippen LogP contribution < -0.4 is 5.73 Å². The van der Waals surface area contributed by atoms with Crippen LogP contribution in [0.3, 0.4) is 0 Å². The first-order valence-corrected chi connectivity index (χ1v) is 7.27. The highest BCUT2D eigenvalue weighted by Gasteiger charge is 2.40. The van der Waals surface area contributed by atoms with E-state index in [1.54, 1.807) is 0 Å². The first-order chi connectivity index (χ1) is 8.93. The molecule has 0 aliphatic carbocycles. The predicted octanol–water partition coefficient (Wildman–Crippen LogP) is 1.82. The summed E-state index contributed by atoms with van der Waals surface area (Å²) in [5.74, 6) is 1.47. The predicted molar refractivity (Wildman–Crippen MR) is 72.6 cm³/mol. The molecule has 3 rings (SSSR count). The maximum absolute atomic E-state index is 6.09. The van der Waals surface area contributed by atoms with Crippen LogP contribution in [0.25, 0.3) is 0 Å². The van der Waals surface area contributed by atoms with E-state index in [2.05, 4.69) is 35.9 Å². The lowest BCUT2D eigenvalue weighted by molar-refractivity contribution is 0.107. The Kier molecular flexibility index (Phi) is 3.14. The molecule has 0 spiro atoms. The molecule has 2 bridgehead atoms. The molecular formula is C14H24N4O. The second kappa shape index (κ2) is 4.56. The van der Waals surface area contributed by atoms with E-state index in [0.717, 1.165) is 31.2 Å². The molecule has 2 atom stereocenters. The molecule has 2 saturated heterocycles. The maximum atomic E-state index is 6.09. The van der Waals surface area contributed by atoms with E-state index in [-0.39, 0.29) is 5.41 Å². The third-order valence-electron chi connectivity index (χ3n) is 4.35. The standard InChI is InChI=1S/C14H24N4O/c1-14(2,3)13-17-16-12(19-13)8-18-10-4-5-11(18)7-9(15)6-10/h9-11H,4-8,15H2,1-3H3. The number of rotatable bonds is 2. The monoisotopic (exact) mass is 264 g/mol. The van der Waals surface area contributed by atoms with Gasteiger partial charge >= 0.3 is 0 Å². The molecule has 2 aliphatic heterocycles. The lowest BCUT2D eigenvalue weighted by Gasteiger charge is -2.36. The Morgan fingerprint density at radius 2 is 1.84 bits per heavy atom. The Hall–Kier alpha value is -0.940. The van der Waals surface area contributed by atoms with Gasteiger partial charge in [-0.1, -0.05) is 20.8 Å². The van der Waals surface area contributed by atoms with Gasteiger partial charge in [0.1, 0.15) is 0 Å². The minimum absolute atomic E-state index is 0.0749. The third-order valence-corrected chi connectivity index (χ3v) is 4.35. The van der Waals surface area contributed by atoms with Crippen molar-refractivity contribution in [3.8, 4) is 0 Å². The average molecular weight is 264 g/mol. The van der Waals surface area contributed by atoms with Crippen molar-refractivity contribution >= 4 is 0 Å².